The number of aromatic nitrogens is 1. The third-order valence-electron chi connectivity index (χ3n) is 6.06. The van der Waals surface area contributed by atoms with Crippen LogP contribution in [0.3, 0.4) is 0 Å². The fraction of sp³-hybridized carbons (Fsp3) is 0.0357. The van der Waals surface area contributed by atoms with E-state index in [1.807, 2.05) is 0 Å². The molecule has 0 unspecified atom stereocenters. The van der Waals surface area contributed by atoms with Gasteiger partial charge < -0.3 is 8.75 Å². The van der Waals surface area contributed by atoms with E-state index in [0.717, 1.165) is 6.07 Å². The summed E-state index contributed by atoms with van der Waals surface area (Å²) in [6.07, 6.45) is 1.36. The lowest BCUT2D eigenvalue weighted by Gasteiger charge is -2.14. The van der Waals surface area contributed by atoms with Crippen molar-refractivity contribution >= 4 is 65.7 Å². The van der Waals surface area contributed by atoms with Crippen molar-refractivity contribution < 1.29 is 22.3 Å². The molecule has 0 saturated carbocycles. The second-order valence-electron chi connectivity index (χ2n) is 8.72. The molecule has 1 amide bonds. The number of pyridine rings is 1. The van der Waals surface area contributed by atoms with Crippen molar-refractivity contribution in [2.75, 3.05) is 0 Å². The van der Waals surface area contributed by atoms with Crippen LogP contribution in [-0.4, -0.2) is 30.0 Å². The lowest BCUT2D eigenvalue weighted by molar-refractivity contribution is -0.385. The van der Waals surface area contributed by atoms with E-state index in [1.165, 1.54) is 42.6 Å². The normalized spacial score (nSPS) is 11.6. The number of carbonyl (C=O) groups is 1. The van der Waals surface area contributed by atoms with Gasteiger partial charge in [0.05, 0.1) is 26.6 Å². The van der Waals surface area contributed by atoms with Crippen LogP contribution in [0.1, 0.15) is 5.56 Å². The minimum absolute atomic E-state index is 0.0466. The minimum atomic E-state index is -4.34. The summed E-state index contributed by atoms with van der Waals surface area (Å²) in [6.45, 7) is -0.0926. The molecule has 11 nitrogen and oxygen atoms in total. The van der Waals surface area contributed by atoms with E-state index in [-0.39, 0.29) is 32.8 Å². The molecular weight excluding hydrogens is 616 g/mol. The molecule has 0 aliphatic rings. The molecule has 0 atom stereocenters. The van der Waals surface area contributed by atoms with Gasteiger partial charge in [-0.15, -0.1) is 0 Å². The first-order valence-corrected chi connectivity index (χ1v) is 14.1. The molecule has 0 fully saturated rings. The number of non-ortho nitro benzene ring substituents is 1. The number of carbonyl (C=O) groups excluding carboxylic acids is 1. The van der Waals surface area contributed by atoms with E-state index in [0.29, 0.717) is 27.4 Å². The van der Waals surface area contributed by atoms with E-state index in [1.54, 1.807) is 53.1 Å². The van der Waals surface area contributed by atoms with Crippen molar-refractivity contribution in [3.8, 4) is 5.75 Å². The van der Waals surface area contributed by atoms with Crippen LogP contribution < -0.4 is 15.0 Å². The summed E-state index contributed by atoms with van der Waals surface area (Å²) in [5.41, 5.74) is 3.72. The summed E-state index contributed by atoms with van der Waals surface area (Å²) < 4.78 is 32.5. The number of hydrogen-bond donors (Lipinski definition) is 1. The number of hydrogen-bond acceptors (Lipinski definition) is 8. The van der Waals surface area contributed by atoms with Crippen molar-refractivity contribution in [1.29, 1.82) is 0 Å². The van der Waals surface area contributed by atoms with E-state index in [9.17, 15) is 28.1 Å². The lowest BCUT2D eigenvalue weighted by Crippen LogP contribution is -2.25. The van der Waals surface area contributed by atoms with Gasteiger partial charge in [-0.25, -0.2) is 5.43 Å². The van der Waals surface area contributed by atoms with Gasteiger partial charge in [0.1, 0.15) is 11.4 Å². The molecular formula is C28H19BrN4O7S. The topological polar surface area (TPSA) is 150 Å². The van der Waals surface area contributed by atoms with Crippen LogP contribution in [0, 0.1) is 10.1 Å². The van der Waals surface area contributed by atoms with Crippen LogP contribution >= 0.6 is 15.9 Å². The standard InChI is InChI=1S/C28H19BrN4O7S/c29-23-14-18(12-13-26(23)40-41(38,39)20-7-5-6-19(15-20)33(36)37)16-30-31-27(34)17-32-24-10-3-1-8-21(24)28(35)22-9-2-4-11-25(22)32/h1-16H,17H2,(H,31,34)/b30-16-. The van der Waals surface area contributed by atoms with E-state index in [4.69, 9.17) is 4.18 Å². The number of nitro benzene ring substituents is 1. The van der Waals surface area contributed by atoms with E-state index < -0.39 is 20.9 Å². The number of halogens is 1. The highest BCUT2D eigenvalue weighted by atomic mass is 79.9. The molecule has 206 valence electrons. The van der Waals surface area contributed by atoms with Gasteiger partial charge >= 0.3 is 10.1 Å². The first-order valence-electron chi connectivity index (χ1n) is 11.9. The number of para-hydroxylation sites is 2. The highest BCUT2D eigenvalue weighted by molar-refractivity contribution is 9.10. The quantitative estimate of drug-likeness (QED) is 0.0851. The number of fused-ring (bicyclic) bond motifs is 2. The number of nitrogens with one attached hydrogen (secondary N) is 1. The molecule has 0 saturated heterocycles. The zero-order valence-corrected chi connectivity index (χ0v) is 23.3. The number of amides is 1. The lowest BCUT2D eigenvalue weighted by atomic mass is 10.1. The Labute approximate surface area is 241 Å². The predicted molar refractivity (Wildman–Crippen MR) is 157 cm³/mol. The average molecular weight is 635 g/mol. The van der Waals surface area contributed by atoms with Crippen molar-refractivity contribution in [2.45, 2.75) is 11.4 Å². The first-order chi connectivity index (χ1) is 19.6. The zero-order valence-electron chi connectivity index (χ0n) is 20.9. The molecule has 0 bridgehead atoms. The third kappa shape index (κ3) is 5.85. The summed E-state index contributed by atoms with van der Waals surface area (Å²) in [6, 6.07) is 23.1. The van der Waals surface area contributed by atoms with Crippen LogP contribution in [-0.2, 0) is 21.5 Å². The van der Waals surface area contributed by atoms with Gasteiger partial charge in [-0.1, -0.05) is 30.3 Å². The summed E-state index contributed by atoms with van der Waals surface area (Å²) in [5.74, 6) is -0.475. The highest BCUT2D eigenvalue weighted by Crippen LogP contribution is 2.29. The zero-order chi connectivity index (χ0) is 29.1. The fourth-order valence-electron chi connectivity index (χ4n) is 4.19. The third-order valence-corrected chi connectivity index (χ3v) is 7.91. The van der Waals surface area contributed by atoms with Gasteiger partial charge in [0.15, 0.2) is 11.2 Å². The Hall–Kier alpha value is -4.88. The maximum absolute atomic E-state index is 12.9. The minimum Gasteiger partial charge on any atom is -0.378 e. The van der Waals surface area contributed by atoms with Crippen LogP contribution in [0.5, 0.6) is 5.75 Å². The molecule has 0 aliphatic carbocycles. The van der Waals surface area contributed by atoms with Gasteiger partial charge in [-0.3, -0.25) is 19.7 Å². The Morgan fingerprint density at radius 3 is 2.27 bits per heavy atom. The number of nitrogens with zero attached hydrogens (tertiary/aromatic N) is 3. The predicted octanol–water partition coefficient (Wildman–Crippen LogP) is 4.74. The summed E-state index contributed by atoms with van der Waals surface area (Å²) in [7, 11) is -4.34. The molecule has 0 radical (unpaired) electrons. The second-order valence-corrected chi connectivity index (χ2v) is 11.1. The smallest absolute Gasteiger partial charge is 0.339 e. The number of nitro groups is 1. The number of rotatable bonds is 8. The van der Waals surface area contributed by atoms with E-state index >= 15 is 0 Å². The average Bonchev–Trinajstić information content (AvgIpc) is 2.96. The molecule has 41 heavy (non-hydrogen) atoms. The molecule has 4 aromatic carbocycles. The van der Waals surface area contributed by atoms with Crippen LogP contribution in [0.25, 0.3) is 21.8 Å². The summed E-state index contributed by atoms with van der Waals surface area (Å²) in [5, 5.41) is 16.0. The monoisotopic (exact) mass is 634 g/mol. The van der Waals surface area contributed by atoms with Crippen molar-refractivity contribution in [3.05, 3.63) is 121 Å². The summed E-state index contributed by atoms with van der Waals surface area (Å²) >= 11 is 3.25. The molecule has 0 aliphatic heterocycles. The van der Waals surface area contributed by atoms with Gasteiger partial charge in [-0.2, -0.15) is 13.5 Å². The Morgan fingerprint density at radius 2 is 1.63 bits per heavy atom. The molecule has 1 heterocycles. The Kier molecular flexibility index (Phi) is 7.64. The Morgan fingerprint density at radius 1 is 0.976 bits per heavy atom. The number of hydrazone groups is 1. The van der Waals surface area contributed by atoms with Gasteiger partial charge in [0, 0.05) is 22.9 Å². The van der Waals surface area contributed by atoms with Crippen LogP contribution in [0.15, 0.2) is 110 Å². The molecule has 1 aromatic heterocycles. The SMILES string of the molecule is O=C(Cn1c2ccccc2c(=O)c2ccccc21)N/N=C\c1ccc(OS(=O)(=O)c2cccc([N+](=O)[O-])c2)c(Br)c1. The molecule has 0 spiro atoms. The maximum atomic E-state index is 12.9. The molecule has 5 aromatic rings. The van der Waals surface area contributed by atoms with Crippen LogP contribution in [0.4, 0.5) is 5.69 Å². The fourth-order valence-corrected chi connectivity index (χ4v) is 5.76. The van der Waals surface area contributed by atoms with Gasteiger partial charge in [-0.05, 0) is 70.0 Å². The summed E-state index contributed by atoms with van der Waals surface area (Å²) in [4.78, 5) is 35.6. The second kappa shape index (κ2) is 11.3. The maximum Gasteiger partial charge on any atom is 0.339 e. The van der Waals surface area contributed by atoms with E-state index in [2.05, 4.69) is 26.5 Å². The first kappa shape index (κ1) is 27.7. The van der Waals surface area contributed by atoms with Crippen molar-refractivity contribution in [1.82, 2.24) is 9.99 Å². The molecule has 1 N–H and O–H groups in total. The van der Waals surface area contributed by atoms with Crippen LogP contribution in [0.2, 0.25) is 0 Å². The van der Waals surface area contributed by atoms with Gasteiger partial charge in [0.25, 0.3) is 11.6 Å². The van der Waals surface area contributed by atoms with Gasteiger partial charge in [0.2, 0.25) is 0 Å². The van der Waals surface area contributed by atoms with Crippen molar-refractivity contribution in [3.63, 3.8) is 0 Å². The Balaban J connectivity index is 1.30. The molecule has 5 rings (SSSR count). The Bertz CT molecular complexity index is 1980. The molecule has 13 heteroatoms. The highest BCUT2D eigenvalue weighted by Gasteiger charge is 2.21. The largest absolute Gasteiger partial charge is 0.378 e. The van der Waals surface area contributed by atoms with Crippen molar-refractivity contribution in [2.24, 2.45) is 5.10 Å². The number of benzene rings is 4.